The van der Waals surface area contributed by atoms with Gasteiger partial charge < -0.3 is 19.8 Å². The van der Waals surface area contributed by atoms with E-state index in [4.69, 9.17) is 4.74 Å². The zero-order valence-electron chi connectivity index (χ0n) is 29.1. The number of allylic oxidation sites excluding steroid dienone is 4. The van der Waals surface area contributed by atoms with Crippen LogP contribution in [0.5, 0.6) is 0 Å². The topological polar surface area (TPSA) is 87.1 Å². The number of aliphatic hydroxyl groups is 2. The molecular formula is C40H67NO5. The molecule has 8 unspecified atom stereocenters. The Morgan fingerprint density at radius 1 is 1.07 bits per heavy atom. The number of Topliss-reactive ketones (excluding diaryl/α,β-unsaturated/α-hetero) is 2. The molecule has 2 heterocycles. The van der Waals surface area contributed by atoms with E-state index in [9.17, 15) is 19.8 Å². The Morgan fingerprint density at radius 2 is 1.76 bits per heavy atom. The number of aliphatic hydroxyl groups excluding tert-OH is 1. The maximum atomic E-state index is 13.7. The lowest BCUT2D eigenvalue weighted by Crippen LogP contribution is -2.59. The number of nitrogens with zero attached hydrogens (tertiary/aromatic N) is 1. The molecule has 3 rings (SSSR count). The highest BCUT2D eigenvalue weighted by Gasteiger charge is 2.52. The van der Waals surface area contributed by atoms with Gasteiger partial charge in [0.25, 0.3) is 0 Å². The Balaban J connectivity index is 0.00000736. The van der Waals surface area contributed by atoms with E-state index >= 15 is 0 Å². The highest BCUT2D eigenvalue weighted by Crippen LogP contribution is 2.40. The van der Waals surface area contributed by atoms with Crippen LogP contribution in [0.15, 0.2) is 48.2 Å². The maximum Gasteiger partial charge on any atom is 0.237 e. The Hall–Kier alpha value is -2.02. The number of rotatable bonds is 19. The van der Waals surface area contributed by atoms with Gasteiger partial charge in [-0.1, -0.05) is 84.1 Å². The molecule has 0 spiro atoms. The van der Waals surface area contributed by atoms with Crippen LogP contribution >= 0.6 is 0 Å². The van der Waals surface area contributed by atoms with Crippen LogP contribution in [0.1, 0.15) is 138 Å². The minimum absolute atomic E-state index is 0. The first-order chi connectivity index (χ1) is 21.4. The van der Waals surface area contributed by atoms with Crippen molar-refractivity contribution in [2.24, 2.45) is 23.7 Å². The molecule has 0 amide bonds. The lowest BCUT2D eigenvalue weighted by molar-refractivity contribution is -0.284. The largest absolute Gasteiger partial charge is 0.390 e. The van der Waals surface area contributed by atoms with E-state index in [0.29, 0.717) is 31.6 Å². The molecule has 0 bridgehead atoms. The van der Waals surface area contributed by atoms with Crippen molar-refractivity contribution in [2.45, 2.75) is 162 Å². The van der Waals surface area contributed by atoms with Gasteiger partial charge >= 0.3 is 0 Å². The van der Waals surface area contributed by atoms with Crippen LogP contribution in [0.25, 0.3) is 0 Å². The van der Waals surface area contributed by atoms with Gasteiger partial charge in [-0.3, -0.25) is 9.59 Å². The molecule has 0 radical (unpaired) electrons. The molecule has 3 aliphatic rings. The molecule has 2 saturated heterocycles. The fourth-order valence-electron chi connectivity index (χ4n) is 7.14. The fraction of sp³-hybridized carbons (Fsp3) is 0.750. The molecule has 3 fully saturated rings. The van der Waals surface area contributed by atoms with Gasteiger partial charge in [0.05, 0.1) is 23.9 Å². The quantitative estimate of drug-likeness (QED) is 0.0832. The summed E-state index contributed by atoms with van der Waals surface area (Å²) in [6.45, 7) is 19.5. The van der Waals surface area contributed by atoms with Crippen LogP contribution < -0.4 is 0 Å². The molecule has 8 atom stereocenters. The Labute approximate surface area is 281 Å². The van der Waals surface area contributed by atoms with E-state index in [1.807, 2.05) is 4.90 Å². The van der Waals surface area contributed by atoms with Crippen molar-refractivity contribution >= 4 is 11.6 Å². The highest BCUT2D eigenvalue weighted by atomic mass is 16.6. The standard InChI is InChI=1S/C39H63NO5.CH4/c1-8-28(4)34-20-16-17-23-40(34)31(7)38(43)39(44)30(6)26-36(42)37(45-39)22-13-11-10-12-19-32(9-2)35(41)21-15-14-18-27(3)24-33-25-29(33)5;/h12,19,24,29-30,32-34,36-37,42,44H,4,7-11,13-18,20-23,25-26H2,1-3,5-6H3;1H4/b19-12+,27-24+;. The summed E-state index contributed by atoms with van der Waals surface area (Å²) in [4.78, 5) is 28.5. The number of ketones is 2. The van der Waals surface area contributed by atoms with Crippen molar-refractivity contribution in [1.82, 2.24) is 4.90 Å². The Kier molecular flexibility index (Phi) is 16.7. The van der Waals surface area contributed by atoms with E-state index < -0.39 is 29.7 Å². The van der Waals surface area contributed by atoms with Gasteiger partial charge in [-0.2, -0.15) is 0 Å². The van der Waals surface area contributed by atoms with Gasteiger partial charge in [0.15, 0.2) is 0 Å². The fourth-order valence-corrected chi connectivity index (χ4v) is 7.14. The molecule has 0 aromatic heterocycles. The Bertz CT molecular complexity index is 1080. The van der Waals surface area contributed by atoms with Crippen LogP contribution in [0.4, 0.5) is 0 Å². The predicted molar refractivity (Wildman–Crippen MR) is 190 cm³/mol. The molecule has 2 N–H and O–H groups in total. The smallest absolute Gasteiger partial charge is 0.237 e. The second kappa shape index (κ2) is 19.1. The van der Waals surface area contributed by atoms with E-state index in [2.05, 4.69) is 59.1 Å². The number of hydrogen-bond acceptors (Lipinski definition) is 6. The summed E-state index contributed by atoms with van der Waals surface area (Å²) >= 11 is 0. The van der Waals surface area contributed by atoms with Crippen molar-refractivity contribution in [1.29, 1.82) is 0 Å². The average molecular weight is 642 g/mol. The third-order valence-corrected chi connectivity index (χ3v) is 10.6. The molecule has 6 nitrogen and oxygen atoms in total. The molecule has 0 aromatic rings. The maximum absolute atomic E-state index is 13.7. The van der Waals surface area contributed by atoms with E-state index in [0.717, 1.165) is 88.0 Å². The zero-order valence-corrected chi connectivity index (χ0v) is 29.1. The summed E-state index contributed by atoms with van der Waals surface area (Å²) in [5.41, 5.74) is 2.82. The number of carbonyl (C=O) groups excluding carboxylic acids is 2. The molecular weight excluding hydrogens is 574 g/mol. The Morgan fingerprint density at radius 3 is 2.41 bits per heavy atom. The third kappa shape index (κ3) is 11.0. The van der Waals surface area contributed by atoms with Crippen molar-refractivity contribution in [3.05, 3.63) is 48.2 Å². The van der Waals surface area contributed by atoms with E-state index in [-0.39, 0.29) is 25.1 Å². The number of hydrogen-bond donors (Lipinski definition) is 2. The molecule has 2 aliphatic heterocycles. The van der Waals surface area contributed by atoms with Gasteiger partial charge in [-0.25, -0.2) is 0 Å². The monoisotopic (exact) mass is 642 g/mol. The minimum atomic E-state index is -2.00. The van der Waals surface area contributed by atoms with Gasteiger partial charge in [0, 0.05) is 24.8 Å². The lowest BCUT2D eigenvalue weighted by Gasteiger charge is -2.46. The summed E-state index contributed by atoms with van der Waals surface area (Å²) in [5, 5.41) is 22.4. The van der Waals surface area contributed by atoms with Crippen LogP contribution in [0.2, 0.25) is 0 Å². The van der Waals surface area contributed by atoms with Crippen molar-refractivity contribution in [3.8, 4) is 0 Å². The van der Waals surface area contributed by atoms with E-state index in [1.165, 1.54) is 12.0 Å². The molecule has 262 valence electrons. The van der Waals surface area contributed by atoms with Crippen LogP contribution in [-0.2, 0) is 14.3 Å². The first-order valence-electron chi connectivity index (χ1n) is 18.1. The number of ether oxygens (including phenoxy) is 1. The van der Waals surface area contributed by atoms with Crippen LogP contribution in [0.3, 0.4) is 0 Å². The minimum Gasteiger partial charge on any atom is -0.390 e. The van der Waals surface area contributed by atoms with Crippen molar-refractivity contribution in [2.75, 3.05) is 6.54 Å². The molecule has 0 aromatic carbocycles. The van der Waals surface area contributed by atoms with Gasteiger partial charge in [0.1, 0.15) is 5.78 Å². The van der Waals surface area contributed by atoms with Gasteiger partial charge in [-0.15, -0.1) is 0 Å². The zero-order chi connectivity index (χ0) is 33.1. The first kappa shape index (κ1) is 40.2. The van der Waals surface area contributed by atoms with Gasteiger partial charge in [0.2, 0.25) is 11.6 Å². The second-order valence-corrected chi connectivity index (χ2v) is 14.3. The predicted octanol–water partition coefficient (Wildman–Crippen LogP) is 8.88. The normalized spacial score (nSPS) is 30.5. The highest BCUT2D eigenvalue weighted by molar-refractivity contribution is 6.00. The summed E-state index contributed by atoms with van der Waals surface area (Å²) in [6.07, 6.45) is 18.3. The number of carbonyl (C=O) groups is 2. The molecule has 46 heavy (non-hydrogen) atoms. The number of piperidine rings is 1. The van der Waals surface area contributed by atoms with E-state index in [1.54, 1.807) is 6.92 Å². The van der Waals surface area contributed by atoms with Crippen LogP contribution in [0, 0.1) is 23.7 Å². The summed E-state index contributed by atoms with van der Waals surface area (Å²) in [6, 6.07) is 0.0483. The summed E-state index contributed by atoms with van der Waals surface area (Å²) < 4.78 is 6.06. The number of unbranched alkanes of at least 4 members (excludes halogenated alkanes) is 3. The molecule has 6 heteroatoms. The molecule has 1 saturated carbocycles. The van der Waals surface area contributed by atoms with Gasteiger partial charge in [-0.05, 0) is 102 Å². The number of likely N-dealkylation sites (tertiary alicyclic amines) is 1. The second-order valence-electron chi connectivity index (χ2n) is 14.3. The lowest BCUT2D eigenvalue weighted by atomic mass is 9.83. The average Bonchev–Trinajstić information content (AvgIpc) is 3.73. The SMILES string of the molecule is C.C=C(CC)C1CCCCN1C(=C)C(=O)C1(O)OC(CCCC/C=C/C(CC)C(=O)CCCC/C(C)=C/C2CC2C)C(O)CC1C. The molecule has 1 aliphatic carbocycles. The van der Waals surface area contributed by atoms with Crippen molar-refractivity contribution < 1.29 is 24.5 Å². The first-order valence-corrected chi connectivity index (χ1v) is 18.1. The third-order valence-electron chi connectivity index (χ3n) is 10.6. The summed E-state index contributed by atoms with van der Waals surface area (Å²) in [7, 11) is 0. The van der Waals surface area contributed by atoms with Crippen molar-refractivity contribution in [3.63, 3.8) is 0 Å². The summed E-state index contributed by atoms with van der Waals surface area (Å²) in [5.74, 6) is -1.12. The van der Waals surface area contributed by atoms with Crippen LogP contribution in [-0.4, -0.2) is 57.3 Å².